The predicted molar refractivity (Wildman–Crippen MR) is 145 cm³/mol. The van der Waals surface area contributed by atoms with E-state index in [0.29, 0.717) is 25.7 Å². The number of allylic oxidation sites excluding steroid dienone is 2. The summed E-state index contributed by atoms with van der Waals surface area (Å²) in [5, 5.41) is 22.1. The van der Waals surface area contributed by atoms with E-state index in [2.05, 4.69) is 0 Å². The van der Waals surface area contributed by atoms with Gasteiger partial charge in [0.2, 0.25) is 0 Å². The lowest BCUT2D eigenvalue weighted by molar-refractivity contribution is -0.384. The number of alkyl halides is 6. The van der Waals surface area contributed by atoms with Gasteiger partial charge in [0, 0.05) is 58.0 Å². The first-order valence-corrected chi connectivity index (χ1v) is 13.5. The molecule has 2 aromatic carbocycles. The molecule has 0 amide bonds. The van der Waals surface area contributed by atoms with Crippen LogP contribution in [0.5, 0.6) is 0 Å². The Kier molecular flexibility index (Phi) is 7.30. The van der Waals surface area contributed by atoms with Crippen molar-refractivity contribution in [2.45, 2.75) is 70.1 Å². The van der Waals surface area contributed by atoms with E-state index in [1.165, 1.54) is 0 Å². The summed E-state index contributed by atoms with van der Waals surface area (Å²) < 4.78 is 106. The largest absolute Gasteiger partial charge is 0.460 e. The molecule has 14 heteroatoms. The Bertz CT molecular complexity index is 1680. The lowest BCUT2D eigenvalue weighted by Crippen LogP contribution is -2.49. The van der Waals surface area contributed by atoms with Crippen LogP contribution in [0.1, 0.15) is 62.2 Å². The summed E-state index contributed by atoms with van der Waals surface area (Å²) >= 11 is 0. The Morgan fingerprint density at radius 2 is 1.05 bits per heavy atom. The van der Waals surface area contributed by atoms with E-state index in [1.54, 1.807) is 13.8 Å². The highest BCUT2D eigenvalue weighted by molar-refractivity contribution is 6.11. The highest BCUT2D eigenvalue weighted by atomic mass is 19.3. The van der Waals surface area contributed by atoms with Crippen molar-refractivity contribution in [2.75, 3.05) is 0 Å². The number of rotatable bonds is 10. The van der Waals surface area contributed by atoms with E-state index in [1.807, 2.05) is 0 Å². The molecule has 43 heavy (non-hydrogen) atoms. The molecule has 0 saturated heterocycles. The van der Waals surface area contributed by atoms with Crippen LogP contribution in [-0.4, -0.2) is 27.6 Å². The number of nitro benzene ring substituents is 2. The third kappa shape index (κ3) is 4.45. The zero-order chi connectivity index (χ0) is 31.5. The summed E-state index contributed by atoms with van der Waals surface area (Å²) in [6, 6.07) is 5.72. The minimum absolute atomic E-state index is 0.112. The normalized spacial score (nSPS) is 17.3. The molecule has 0 saturated carbocycles. The van der Waals surface area contributed by atoms with Crippen LogP contribution >= 0.6 is 0 Å². The van der Waals surface area contributed by atoms with Crippen LogP contribution in [0.2, 0.25) is 0 Å². The van der Waals surface area contributed by atoms with Crippen LogP contribution in [0, 0.1) is 20.2 Å². The number of unbranched alkanes of at least 4 members (excludes halogenated alkanes) is 2. The minimum Gasteiger partial charge on any atom is -0.460 e. The van der Waals surface area contributed by atoms with Gasteiger partial charge in [-0.1, -0.05) is 26.7 Å². The van der Waals surface area contributed by atoms with Crippen LogP contribution in [0.25, 0.3) is 33.1 Å². The van der Waals surface area contributed by atoms with Crippen LogP contribution in [-0.2, 0) is 12.8 Å². The fourth-order valence-corrected chi connectivity index (χ4v) is 5.46. The molecule has 4 aromatic rings. The van der Waals surface area contributed by atoms with E-state index in [4.69, 9.17) is 8.83 Å². The van der Waals surface area contributed by atoms with E-state index < -0.39 is 61.3 Å². The molecule has 0 bridgehead atoms. The van der Waals surface area contributed by atoms with Gasteiger partial charge in [0.25, 0.3) is 11.4 Å². The summed E-state index contributed by atoms with van der Waals surface area (Å²) in [4.78, 5) is 21.1. The average Bonchev–Trinajstić information content (AvgIpc) is 3.51. The molecule has 0 fully saturated rings. The summed E-state index contributed by atoms with van der Waals surface area (Å²) in [6.07, 6.45) is 1.37. The number of halogens is 6. The number of aryl methyl sites for hydroxylation is 2. The maximum atomic E-state index is 15.9. The van der Waals surface area contributed by atoms with Gasteiger partial charge in [-0.3, -0.25) is 20.2 Å². The van der Waals surface area contributed by atoms with Gasteiger partial charge in [-0.15, -0.1) is 0 Å². The second-order valence-corrected chi connectivity index (χ2v) is 10.4. The molecule has 0 spiro atoms. The maximum absolute atomic E-state index is 15.9. The quantitative estimate of drug-likeness (QED) is 0.100. The number of nitrogens with zero attached hydrogens (tertiary/aromatic N) is 2. The van der Waals surface area contributed by atoms with Crippen molar-refractivity contribution in [3.8, 4) is 0 Å². The number of nitro groups is 2. The molecule has 1 aliphatic rings. The summed E-state index contributed by atoms with van der Waals surface area (Å²) in [5.74, 6) is -17.4. The number of non-ortho nitro benzene ring substituents is 2. The molecule has 2 heterocycles. The number of benzene rings is 2. The number of furan rings is 2. The topological polar surface area (TPSA) is 113 Å². The van der Waals surface area contributed by atoms with Gasteiger partial charge in [-0.05, 0) is 25.0 Å². The summed E-state index contributed by atoms with van der Waals surface area (Å²) in [6.45, 7) is 3.50. The van der Waals surface area contributed by atoms with Gasteiger partial charge < -0.3 is 8.83 Å². The van der Waals surface area contributed by atoms with E-state index in [0.717, 1.165) is 36.4 Å². The molecule has 8 nitrogen and oxygen atoms in total. The average molecular weight is 611 g/mol. The van der Waals surface area contributed by atoms with Crippen molar-refractivity contribution >= 4 is 44.5 Å². The van der Waals surface area contributed by atoms with E-state index in [9.17, 15) is 20.2 Å². The second-order valence-electron chi connectivity index (χ2n) is 10.4. The first kappa shape index (κ1) is 30.1. The standard InChI is InChI=1S/C29H24F6N2O6/c1-3-5-7-19-23(17-11-9-15(36(38)39)13-21(17)42-19)25-26(28(32,33)29(34,35)27(25,30)31)24-18-12-10-16(37(40)41)14-22(18)43-20(24)8-6-4-2/h9-14H,3-8H2,1-2H3. The highest BCUT2D eigenvalue weighted by Crippen LogP contribution is 2.66. The summed E-state index contributed by atoms with van der Waals surface area (Å²) in [7, 11) is 0. The Balaban J connectivity index is 1.95. The first-order chi connectivity index (χ1) is 20.2. The van der Waals surface area contributed by atoms with Crippen LogP contribution in [0.15, 0.2) is 45.2 Å². The number of hydrogen-bond donors (Lipinski definition) is 0. The fourth-order valence-electron chi connectivity index (χ4n) is 5.46. The highest BCUT2D eigenvalue weighted by Gasteiger charge is 2.81. The zero-order valence-corrected chi connectivity index (χ0v) is 22.8. The molecule has 1 aliphatic carbocycles. The molecular weight excluding hydrogens is 586 g/mol. The van der Waals surface area contributed by atoms with Crippen LogP contribution in [0.4, 0.5) is 37.7 Å². The molecule has 0 aliphatic heterocycles. The van der Waals surface area contributed by atoms with E-state index in [-0.39, 0.29) is 46.3 Å². The van der Waals surface area contributed by atoms with Crippen molar-refractivity contribution < 1.29 is 45.0 Å². The molecule has 228 valence electrons. The van der Waals surface area contributed by atoms with Crippen LogP contribution in [0.3, 0.4) is 0 Å². The number of fused-ring (bicyclic) bond motifs is 2. The van der Waals surface area contributed by atoms with Crippen molar-refractivity contribution in [3.05, 3.63) is 79.3 Å². The predicted octanol–water partition coefficient (Wildman–Crippen LogP) is 9.51. The molecule has 5 rings (SSSR count). The lowest BCUT2D eigenvalue weighted by Gasteiger charge is -2.26. The SMILES string of the molecule is CCCCc1oc2cc([N+](=O)[O-])ccc2c1C1=C(c2c(CCCC)oc3cc([N+](=O)[O-])ccc23)C(F)(F)C(F)(F)C1(F)F. The monoisotopic (exact) mass is 610 g/mol. The maximum Gasteiger partial charge on any atom is 0.380 e. The van der Waals surface area contributed by atoms with Crippen LogP contribution < -0.4 is 0 Å². The third-order valence-electron chi connectivity index (χ3n) is 7.60. The Labute approximate surface area is 239 Å². The van der Waals surface area contributed by atoms with Crippen molar-refractivity contribution in [1.82, 2.24) is 0 Å². The van der Waals surface area contributed by atoms with Gasteiger partial charge >= 0.3 is 17.8 Å². The van der Waals surface area contributed by atoms with Crippen molar-refractivity contribution in [3.63, 3.8) is 0 Å². The zero-order valence-electron chi connectivity index (χ0n) is 22.8. The van der Waals surface area contributed by atoms with Crippen molar-refractivity contribution in [1.29, 1.82) is 0 Å². The molecular formula is C29H24F6N2O6. The van der Waals surface area contributed by atoms with Gasteiger partial charge in [0.1, 0.15) is 22.7 Å². The molecule has 0 N–H and O–H groups in total. The Hall–Kier alpha value is -4.36. The molecule has 0 radical (unpaired) electrons. The van der Waals surface area contributed by atoms with Crippen molar-refractivity contribution in [2.24, 2.45) is 0 Å². The molecule has 0 unspecified atom stereocenters. The van der Waals surface area contributed by atoms with Gasteiger partial charge in [-0.25, -0.2) is 0 Å². The second kappa shape index (κ2) is 10.4. The first-order valence-electron chi connectivity index (χ1n) is 13.5. The minimum atomic E-state index is -5.90. The van der Waals surface area contributed by atoms with E-state index >= 15 is 26.3 Å². The third-order valence-corrected chi connectivity index (χ3v) is 7.60. The van der Waals surface area contributed by atoms with Gasteiger partial charge in [0.05, 0.1) is 22.0 Å². The lowest BCUT2D eigenvalue weighted by atomic mass is 9.89. The molecule has 0 atom stereocenters. The summed E-state index contributed by atoms with van der Waals surface area (Å²) in [5.41, 5.74) is -6.35. The van der Waals surface area contributed by atoms with Gasteiger partial charge in [-0.2, -0.15) is 26.3 Å². The Morgan fingerprint density at radius 1 is 0.674 bits per heavy atom. The van der Waals surface area contributed by atoms with Gasteiger partial charge in [0.15, 0.2) is 0 Å². The smallest absolute Gasteiger partial charge is 0.380 e. The molecule has 2 aromatic heterocycles. The fraction of sp³-hybridized carbons (Fsp3) is 0.379. The Morgan fingerprint density at radius 3 is 1.37 bits per heavy atom. The number of hydrogen-bond acceptors (Lipinski definition) is 6.